The van der Waals surface area contributed by atoms with Crippen molar-refractivity contribution in [3.8, 4) is 0 Å². The van der Waals surface area contributed by atoms with Gasteiger partial charge in [0.2, 0.25) is 0 Å². The van der Waals surface area contributed by atoms with Crippen LogP contribution in [0.15, 0.2) is 65.1 Å². The van der Waals surface area contributed by atoms with Gasteiger partial charge in [-0.2, -0.15) is 0 Å². The highest BCUT2D eigenvalue weighted by atomic mass is 19.1. The van der Waals surface area contributed by atoms with Gasteiger partial charge in [-0.3, -0.25) is 9.69 Å². The van der Waals surface area contributed by atoms with Crippen LogP contribution in [0.3, 0.4) is 0 Å². The average molecular weight is 410 g/mol. The van der Waals surface area contributed by atoms with Crippen molar-refractivity contribution in [3.63, 3.8) is 0 Å². The van der Waals surface area contributed by atoms with Crippen LogP contribution >= 0.6 is 0 Å². The monoisotopic (exact) mass is 410 g/mol. The van der Waals surface area contributed by atoms with E-state index in [1.807, 2.05) is 17.0 Å². The fourth-order valence-electron chi connectivity index (χ4n) is 3.78. The Bertz CT molecular complexity index is 994. The van der Waals surface area contributed by atoms with E-state index < -0.39 is 0 Å². The Morgan fingerprint density at radius 2 is 1.60 bits per heavy atom. The lowest BCUT2D eigenvalue weighted by atomic mass is 10.1. The Morgan fingerprint density at radius 3 is 2.33 bits per heavy atom. The molecule has 2 aromatic carbocycles. The number of hydrogen-bond donors (Lipinski definition) is 0. The molecule has 1 saturated heterocycles. The van der Waals surface area contributed by atoms with Gasteiger partial charge in [0.15, 0.2) is 5.76 Å². The Labute approximate surface area is 174 Å². The van der Waals surface area contributed by atoms with E-state index in [2.05, 4.69) is 4.90 Å². The Hall–Kier alpha value is -2.99. The van der Waals surface area contributed by atoms with Crippen molar-refractivity contribution in [2.24, 2.45) is 0 Å². The molecule has 3 aromatic rings. The van der Waals surface area contributed by atoms with E-state index in [0.717, 1.165) is 37.1 Å². The molecule has 0 N–H and O–H groups in total. The summed E-state index contributed by atoms with van der Waals surface area (Å²) in [7, 11) is 0. The molecule has 0 aliphatic carbocycles. The van der Waals surface area contributed by atoms with E-state index in [1.165, 1.54) is 24.3 Å². The predicted octanol–water partition coefficient (Wildman–Crippen LogP) is 5.00. The van der Waals surface area contributed by atoms with Gasteiger partial charge in [-0.05, 0) is 60.4 Å². The Morgan fingerprint density at radius 1 is 0.867 bits per heavy atom. The smallest absolute Gasteiger partial charge is 0.289 e. The minimum Gasteiger partial charge on any atom is -0.455 e. The molecule has 0 radical (unpaired) electrons. The van der Waals surface area contributed by atoms with Crippen LogP contribution in [0.5, 0.6) is 0 Å². The standard InChI is InChI=1S/C24H24F2N2O2/c25-20-8-6-18(7-9-20)15-27(16-19-4-3-5-21(26)14-19)17-22-10-11-23(30-22)24(29)28-12-1-2-13-28/h3-11,14H,1-2,12-13,15-17H2. The summed E-state index contributed by atoms with van der Waals surface area (Å²) in [5.74, 6) is 0.363. The van der Waals surface area contributed by atoms with Crippen molar-refractivity contribution >= 4 is 5.91 Å². The molecule has 1 fully saturated rings. The summed E-state index contributed by atoms with van der Waals surface area (Å²) in [4.78, 5) is 16.4. The first kappa shape index (κ1) is 20.3. The van der Waals surface area contributed by atoms with E-state index in [-0.39, 0.29) is 17.5 Å². The second-order valence-corrected chi connectivity index (χ2v) is 7.67. The molecule has 0 atom stereocenters. The van der Waals surface area contributed by atoms with Crippen LogP contribution in [0.2, 0.25) is 0 Å². The van der Waals surface area contributed by atoms with Gasteiger partial charge < -0.3 is 9.32 Å². The molecule has 4 nitrogen and oxygen atoms in total. The maximum atomic E-state index is 13.6. The first-order valence-corrected chi connectivity index (χ1v) is 10.2. The van der Waals surface area contributed by atoms with E-state index in [0.29, 0.717) is 31.2 Å². The fourth-order valence-corrected chi connectivity index (χ4v) is 3.78. The molecule has 0 saturated carbocycles. The van der Waals surface area contributed by atoms with Gasteiger partial charge in [0.25, 0.3) is 5.91 Å². The lowest BCUT2D eigenvalue weighted by molar-refractivity contribution is 0.0756. The lowest BCUT2D eigenvalue weighted by Crippen LogP contribution is -2.27. The molecule has 1 amide bonds. The minimum atomic E-state index is -0.286. The van der Waals surface area contributed by atoms with Crippen LogP contribution < -0.4 is 0 Å². The molecule has 1 aliphatic rings. The van der Waals surface area contributed by atoms with Crippen LogP contribution in [0.4, 0.5) is 8.78 Å². The summed E-state index contributed by atoms with van der Waals surface area (Å²) in [6.45, 7) is 3.01. The largest absolute Gasteiger partial charge is 0.455 e. The molecule has 6 heteroatoms. The van der Waals surface area contributed by atoms with Crippen molar-refractivity contribution in [2.75, 3.05) is 13.1 Å². The number of halogens is 2. The maximum Gasteiger partial charge on any atom is 0.289 e. The summed E-state index contributed by atoms with van der Waals surface area (Å²) < 4.78 is 32.7. The zero-order valence-electron chi connectivity index (χ0n) is 16.7. The topological polar surface area (TPSA) is 36.7 Å². The van der Waals surface area contributed by atoms with Gasteiger partial charge in [0.05, 0.1) is 6.54 Å². The summed E-state index contributed by atoms with van der Waals surface area (Å²) >= 11 is 0. The maximum absolute atomic E-state index is 13.6. The molecule has 4 rings (SSSR count). The highest BCUT2D eigenvalue weighted by Crippen LogP contribution is 2.19. The third kappa shape index (κ3) is 5.13. The third-order valence-corrected chi connectivity index (χ3v) is 5.26. The summed E-state index contributed by atoms with van der Waals surface area (Å²) in [5, 5.41) is 0. The molecule has 0 spiro atoms. The molecule has 156 valence electrons. The first-order chi connectivity index (χ1) is 14.6. The number of amides is 1. The fraction of sp³-hybridized carbons (Fsp3) is 0.292. The number of rotatable bonds is 7. The highest BCUT2D eigenvalue weighted by Gasteiger charge is 2.22. The highest BCUT2D eigenvalue weighted by molar-refractivity contribution is 5.91. The van der Waals surface area contributed by atoms with E-state index in [9.17, 15) is 13.6 Å². The molecule has 1 aromatic heterocycles. The summed E-state index contributed by atoms with van der Waals surface area (Å²) in [6.07, 6.45) is 2.05. The van der Waals surface area contributed by atoms with Gasteiger partial charge in [0.1, 0.15) is 17.4 Å². The molecule has 0 bridgehead atoms. The number of nitrogens with zero attached hydrogens (tertiary/aromatic N) is 2. The van der Waals surface area contributed by atoms with Crippen LogP contribution in [-0.2, 0) is 19.6 Å². The van der Waals surface area contributed by atoms with E-state index in [1.54, 1.807) is 24.3 Å². The second kappa shape index (κ2) is 9.22. The number of carbonyl (C=O) groups excluding carboxylic acids is 1. The van der Waals surface area contributed by atoms with Gasteiger partial charge in [-0.1, -0.05) is 24.3 Å². The Kier molecular flexibility index (Phi) is 6.23. The van der Waals surface area contributed by atoms with Gasteiger partial charge in [-0.25, -0.2) is 8.78 Å². The van der Waals surface area contributed by atoms with E-state index in [4.69, 9.17) is 4.42 Å². The number of carbonyl (C=O) groups is 1. The molecule has 1 aliphatic heterocycles. The number of furan rings is 1. The van der Waals surface area contributed by atoms with Crippen LogP contribution in [-0.4, -0.2) is 28.8 Å². The predicted molar refractivity (Wildman–Crippen MR) is 110 cm³/mol. The molecule has 2 heterocycles. The Balaban J connectivity index is 1.50. The van der Waals surface area contributed by atoms with Gasteiger partial charge in [-0.15, -0.1) is 0 Å². The first-order valence-electron chi connectivity index (χ1n) is 10.2. The second-order valence-electron chi connectivity index (χ2n) is 7.67. The van der Waals surface area contributed by atoms with Gasteiger partial charge >= 0.3 is 0 Å². The minimum absolute atomic E-state index is 0.0750. The number of likely N-dealkylation sites (tertiary alicyclic amines) is 1. The van der Waals surface area contributed by atoms with Crippen LogP contribution in [0.1, 0.15) is 40.3 Å². The van der Waals surface area contributed by atoms with Crippen molar-refractivity contribution in [2.45, 2.75) is 32.5 Å². The summed E-state index contributed by atoms with van der Waals surface area (Å²) in [5.41, 5.74) is 1.77. The number of hydrogen-bond acceptors (Lipinski definition) is 3. The van der Waals surface area contributed by atoms with Crippen molar-refractivity contribution in [1.82, 2.24) is 9.80 Å². The van der Waals surface area contributed by atoms with Gasteiger partial charge in [0, 0.05) is 26.2 Å². The van der Waals surface area contributed by atoms with Crippen molar-refractivity contribution in [3.05, 3.63) is 94.9 Å². The third-order valence-electron chi connectivity index (χ3n) is 5.26. The van der Waals surface area contributed by atoms with Crippen molar-refractivity contribution in [1.29, 1.82) is 0 Å². The zero-order chi connectivity index (χ0) is 20.9. The molecular formula is C24H24F2N2O2. The zero-order valence-corrected chi connectivity index (χ0v) is 16.7. The quantitative estimate of drug-likeness (QED) is 0.550. The lowest BCUT2D eigenvalue weighted by Gasteiger charge is -2.22. The average Bonchev–Trinajstić information content (AvgIpc) is 3.41. The van der Waals surface area contributed by atoms with Crippen molar-refractivity contribution < 1.29 is 18.0 Å². The normalized spacial score (nSPS) is 13.9. The molecule has 0 unspecified atom stereocenters. The van der Waals surface area contributed by atoms with Crippen LogP contribution in [0, 0.1) is 11.6 Å². The molecular weight excluding hydrogens is 386 g/mol. The number of benzene rings is 2. The SMILES string of the molecule is O=C(c1ccc(CN(Cc2ccc(F)cc2)Cc2cccc(F)c2)o1)N1CCCC1. The molecule has 30 heavy (non-hydrogen) atoms. The van der Waals surface area contributed by atoms with Crippen LogP contribution in [0.25, 0.3) is 0 Å². The van der Waals surface area contributed by atoms with E-state index >= 15 is 0 Å². The summed E-state index contributed by atoms with van der Waals surface area (Å²) in [6, 6.07) is 16.3.